The fourth-order valence-corrected chi connectivity index (χ4v) is 11.3. The lowest BCUT2D eigenvalue weighted by molar-refractivity contribution is -0.870. The molecule has 1 amide bonds. The fraction of sp³-hybridized carbons (Fsp3) is 0.955. The van der Waals surface area contributed by atoms with Crippen molar-refractivity contribution < 1.29 is 32.9 Å². The third kappa shape index (κ3) is 60.7. The van der Waals surface area contributed by atoms with Gasteiger partial charge >= 0.3 is 7.82 Å². The number of likely N-dealkylation sites (N-methyl/N-ethyl adjacent to an activating group) is 1. The van der Waals surface area contributed by atoms with E-state index in [1.807, 2.05) is 21.1 Å². The first kappa shape index (κ1) is 74.2. The van der Waals surface area contributed by atoms with E-state index < -0.39 is 20.0 Å². The van der Waals surface area contributed by atoms with E-state index >= 15 is 0 Å². The van der Waals surface area contributed by atoms with Crippen LogP contribution >= 0.6 is 7.82 Å². The highest BCUT2D eigenvalue weighted by atomic mass is 31.2. The van der Waals surface area contributed by atoms with E-state index in [2.05, 4.69) is 31.3 Å². The van der Waals surface area contributed by atoms with Gasteiger partial charge in [-0.3, -0.25) is 13.8 Å². The van der Waals surface area contributed by atoms with E-state index in [0.29, 0.717) is 23.9 Å². The number of unbranched alkanes of at least 4 members (excludes halogenated alkanes) is 48. The number of aliphatic hydroxyl groups excluding tert-OH is 1. The lowest BCUT2D eigenvalue weighted by Gasteiger charge is -2.26. The molecule has 8 nitrogen and oxygen atoms in total. The van der Waals surface area contributed by atoms with Crippen molar-refractivity contribution in [3.8, 4) is 0 Å². The van der Waals surface area contributed by atoms with Crippen LogP contribution in [0.4, 0.5) is 0 Å². The van der Waals surface area contributed by atoms with Crippen molar-refractivity contribution in [3.63, 3.8) is 0 Å². The molecule has 0 rings (SSSR count). The van der Waals surface area contributed by atoms with Gasteiger partial charge in [0.15, 0.2) is 0 Å². The normalized spacial score (nSPS) is 13.7. The number of hydrogen-bond acceptors (Lipinski definition) is 5. The molecule has 0 aliphatic rings. The average Bonchev–Trinajstić information content (AvgIpc) is 3.37. The summed E-state index contributed by atoms with van der Waals surface area (Å²) in [6, 6.07) is -0.759. The van der Waals surface area contributed by atoms with E-state index in [4.69, 9.17) is 9.05 Å². The molecule has 0 heterocycles. The van der Waals surface area contributed by atoms with Gasteiger partial charge in [-0.15, -0.1) is 0 Å². The number of nitrogens with one attached hydrogen (secondary N) is 1. The van der Waals surface area contributed by atoms with E-state index in [0.717, 1.165) is 38.5 Å². The number of phosphoric acid groups is 1. The maximum atomic E-state index is 13.1. The zero-order valence-electron chi connectivity index (χ0n) is 51.3. The largest absolute Gasteiger partial charge is 0.472 e. The second kappa shape index (κ2) is 57.9. The Morgan fingerprint density at radius 2 is 0.720 bits per heavy atom. The molecule has 0 aromatic rings. The molecule has 75 heavy (non-hydrogen) atoms. The smallest absolute Gasteiger partial charge is 0.391 e. The van der Waals surface area contributed by atoms with Crippen LogP contribution in [0.2, 0.25) is 0 Å². The standard InChI is InChI=1S/C66H133N2O6P/c1-6-8-10-12-14-16-18-20-22-24-26-28-30-31-32-33-34-35-36-38-40-42-44-46-48-50-52-54-56-58-60-66(70)67-64(63-74-75(71,72)73-62-61-68(3,4)5)65(69)59-57-55-53-51-49-47-45-43-41-39-37-29-27-25-23-21-19-17-15-13-11-9-7-2/h31-32,64-65,69H,6-30,33-63H2,1-5H3,(H-,67,70,71,72)/p+1/b32-31-. The number of aliphatic hydroxyl groups is 1. The van der Waals surface area contributed by atoms with Crippen molar-refractivity contribution in [1.29, 1.82) is 0 Å². The van der Waals surface area contributed by atoms with Gasteiger partial charge in [-0.1, -0.05) is 321 Å². The first-order chi connectivity index (χ1) is 36.5. The van der Waals surface area contributed by atoms with Gasteiger partial charge in [-0.25, -0.2) is 4.57 Å². The molecular formula is C66H134N2O6P+. The minimum Gasteiger partial charge on any atom is -0.391 e. The minimum atomic E-state index is -4.32. The monoisotopic (exact) mass is 1080 g/mol. The Morgan fingerprint density at radius 1 is 0.440 bits per heavy atom. The molecule has 0 aliphatic carbocycles. The maximum Gasteiger partial charge on any atom is 0.472 e. The molecule has 0 fully saturated rings. The summed E-state index contributed by atoms with van der Waals surface area (Å²) in [5, 5.41) is 14.1. The van der Waals surface area contributed by atoms with Crippen LogP contribution in [0, 0.1) is 0 Å². The predicted molar refractivity (Wildman–Crippen MR) is 328 cm³/mol. The minimum absolute atomic E-state index is 0.0779. The molecule has 3 atom stereocenters. The molecule has 448 valence electrons. The van der Waals surface area contributed by atoms with E-state index in [9.17, 15) is 19.4 Å². The average molecular weight is 1080 g/mol. The summed E-state index contributed by atoms with van der Waals surface area (Å²) in [5.74, 6) is -0.136. The Labute approximate surface area is 469 Å². The van der Waals surface area contributed by atoms with Crippen molar-refractivity contribution >= 4 is 13.7 Å². The van der Waals surface area contributed by atoms with Crippen molar-refractivity contribution in [3.05, 3.63) is 12.2 Å². The van der Waals surface area contributed by atoms with Crippen molar-refractivity contribution in [2.45, 2.75) is 366 Å². The highest BCUT2D eigenvalue weighted by molar-refractivity contribution is 7.47. The fourth-order valence-electron chi connectivity index (χ4n) is 10.5. The second-order valence-corrected chi connectivity index (χ2v) is 26.0. The van der Waals surface area contributed by atoms with Gasteiger partial charge in [0.1, 0.15) is 13.2 Å². The van der Waals surface area contributed by atoms with Crippen LogP contribution in [0.1, 0.15) is 354 Å². The SMILES string of the molecule is CCCCCCCCCCCCCC/C=C\CCCCCCCCCCCCCCCCC(=O)NC(COP(=O)(O)OCC[N+](C)(C)C)C(O)CCCCCCCCCCCCCCCCCCCCCCCCC. The highest BCUT2D eigenvalue weighted by Crippen LogP contribution is 2.43. The molecule has 0 aliphatic heterocycles. The Balaban J connectivity index is 4.02. The zero-order chi connectivity index (χ0) is 54.9. The summed E-state index contributed by atoms with van der Waals surface area (Å²) in [6.45, 7) is 4.95. The number of rotatable bonds is 63. The molecule has 0 radical (unpaired) electrons. The van der Waals surface area contributed by atoms with Crippen molar-refractivity contribution in [1.82, 2.24) is 5.32 Å². The van der Waals surface area contributed by atoms with Gasteiger partial charge in [0.05, 0.1) is 39.9 Å². The summed E-state index contributed by atoms with van der Waals surface area (Å²) in [6.07, 6.45) is 73.0. The summed E-state index contributed by atoms with van der Waals surface area (Å²) in [7, 11) is 1.64. The number of amides is 1. The van der Waals surface area contributed by atoms with Gasteiger partial charge in [-0.05, 0) is 38.5 Å². The Morgan fingerprint density at radius 3 is 1.03 bits per heavy atom. The zero-order valence-corrected chi connectivity index (χ0v) is 52.2. The van der Waals surface area contributed by atoms with Crippen LogP contribution in [0.15, 0.2) is 12.2 Å². The van der Waals surface area contributed by atoms with Gasteiger partial charge in [0, 0.05) is 6.42 Å². The maximum absolute atomic E-state index is 13.1. The second-order valence-electron chi connectivity index (χ2n) is 24.6. The van der Waals surface area contributed by atoms with E-state index in [1.54, 1.807) is 0 Å². The Hall–Kier alpha value is -0.760. The van der Waals surface area contributed by atoms with Gasteiger partial charge in [0.2, 0.25) is 5.91 Å². The first-order valence-electron chi connectivity index (χ1n) is 33.6. The topological polar surface area (TPSA) is 105 Å². The number of hydrogen-bond donors (Lipinski definition) is 3. The molecule has 0 saturated heterocycles. The first-order valence-corrected chi connectivity index (χ1v) is 35.0. The highest BCUT2D eigenvalue weighted by Gasteiger charge is 2.28. The summed E-state index contributed by atoms with van der Waals surface area (Å²) < 4.78 is 23.9. The molecule has 0 spiro atoms. The van der Waals surface area contributed by atoms with Crippen LogP contribution in [-0.2, 0) is 18.4 Å². The van der Waals surface area contributed by atoms with Crippen LogP contribution in [0.25, 0.3) is 0 Å². The van der Waals surface area contributed by atoms with Crippen LogP contribution in [0.5, 0.6) is 0 Å². The van der Waals surface area contributed by atoms with Gasteiger partial charge in [0.25, 0.3) is 0 Å². The lowest BCUT2D eigenvalue weighted by atomic mass is 10.0. The van der Waals surface area contributed by atoms with Gasteiger partial charge < -0.3 is 19.8 Å². The molecule has 3 N–H and O–H groups in total. The quantitative estimate of drug-likeness (QED) is 0.0243. The van der Waals surface area contributed by atoms with E-state index in [1.165, 1.54) is 289 Å². The molecule has 0 bridgehead atoms. The molecule has 3 unspecified atom stereocenters. The van der Waals surface area contributed by atoms with Gasteiger partial charge in [-0.2, -0.15) is 0 Å². The number of phosphoric ester groups is 1. The third-order valence-electron chi connectivity index (χ3n) is 15.8. The molecule has 9 heteroatoms. The summed E-state index contributed by atoms with van der Waals surface area (Å²) >= 11 is 0. The Bertz CT molecular complexity index is 1230. The molecule has 0 aromatic carbocycles. The van der Waals surface area contributed by atoms with Crippen molar-refractivity contribution in [2.24, 2.45) is 0 Å². The number of allylic oxidation sites excluding steroid dienone is 2. The van der Waals surface area contributed by atoms with Crippen LogP contribution in [-0.4, -0.2) is 73.4 Å². The van der Waals surface area contributed by atoms with Crippen LogP contribution in [0.3, 0.4) is 0 Å². The Kier molecular flexibility index (Phi) is 57.3. The third-order valence-corrected chi connectivity index (χ3v) is 16.7. The van der Waals surface area contributed by atoms with E-state index in [-0.39, 0.29) is 19.1 Å². The molecule has 0 saturated carbocycles. The predicted octanol–water partition coefficient (Wildman–Crippen LogP) is 20.9. The molecular weight excluding hydrogens is 948 g/mol. The molecule has 0 aromatic heterocycles. The number of quaternary nitrogens is 1. The summed E-state index contributed by atoms with van der Waals surface area (Å²) in [5.41, 5.74) is 0. The number of carbonyl (C=O) groups excluding carboxylic acids is 1. The number of carbonyl (C=O) groups is 1. The lowest BCUT2D eigenvalue weighted by Crippen LogP contribution is -2.46. The van der Waals surface area contributed by atoms with Crippen LogP contribution < -0.4 is 5.32 Å². The number of nitrogens with zero attached hydrogens (tertiary/aromatic N) is 1. The summed E-state index contributed by atoms with van der Waals surface area (Å²) in [4.78, 5) is 23.4. The van der Waals surface area contributed by atoms with Crippen molar-refractivity contribution in [2.75, 3.05) is 40.9 Å².